The van der Waals surface area contributed by atoms with Crippen molar-refractivity contribution < 1.29 is 9.90 Å². The van der Waals surface area contributed by atoms with Gasteiger partial charge in [0.1, 0.15) is 0 Å². The molecule has 0 radical (unpaired) electrons. The summed E-state index contributed by atoms with van der Waals surface area (Å²) < 4.78 is 1.70. The van der Waals surface area contributed by atoms with Crippen LogP contribution in [0.1, 0.15) is 0 Å². The molecule has 0 aliphatic rings. The molecule has 0 fully saturated rings. The van der Waals surface area contributed by atoms with E-state index >= 15 is 0 Å². The first-order chi connectivity index (χ1) is 6.69. The summed E-state index contributed by atoms with van der Waals surface area (Å²) in [6.07, 6.45) is 1.68. The lowest BCUT2D eigenvalue weighted by Gasteiger charge is -1.91. The van der Waals surface area contributed by atoms with Crippen LogP contribution in [-0.2, 0) is 4.79 Å². The van der Waals surface area contributed by atoms with E-state index in [-0.39, 0.29) is 6.47 Å². The zero-order valence-corrected chi connectivity index (χ0v) is 8.55. The number of carboxylic acid groups (broad SMARTS) is 1. The number of fused-ring (bicyclic) bond motifs is 1. The Hall–Kier alpha value is -1.33. The first-order valence-electron chi connectivity index (χ1n) is 3.56. The summed E-state index contributed by atoms with van der Waals surface area (Å²) in [7, 11) is 0. The molecular weight excluding hydrogens is 224 g/mol. The summed E-state index contributed by atoms with van der Waals surface area (Å²) in [5, 5.41) is 6.89. The molecule has 0 atom stereocenters. The van der Waals surface area contributed by atoms with Gasteiger partial charge < -0.3 is 10.8 Å². The van der Waals surface area contributed by atoms with Crippen molar-refractivity contribution in [3.63, 3.8) is 0 Å². The first kappa shape index (κ1) is 10.7. The molecule has 0 saturated heterocycles. The smallest absolute Gasteiger partial charge is 0.290 e. The Morgan fingerprint density at radius 3 is 2.86 bits per heavy atom. The number of thiophene rings is 1. The number of hydrogen-bond acceptors (Lipinski definition) is 4. The minimum absolute atomic E-state index is 0.250. The summed E-state index contributed by atoms with van der Waals surface area (Å²) >= 11 is 7.23. The van der Waals surface area contributed by atoms with E-state index in [9.17, 15) is 0 Å². The molecule has 2 aromatic rings. The molecule has 0 bridgehead atoms. The largest absolute Gasteiger partial charge is 0.483 e. The van der Waals surface area contributed by atoms with Crippen LogP contribution < -0.4 is 5.73 Å². The molecule has 2 aromatic heterocycles. The van der Waals surface area contributed by atoms with Gasteiger partial charge in [0.2, 0.25) is 0 Å². The zero-order valence-electron chi connectivity index (χ0n) is 6.98. The Morgan fingerprint density at radius 2 is 2.29 bits per heavy atom. The van der Waals surface area contributed by atoms with Crippen molar-refractivity contribution in [2.45, 2.75) is 0 Å². The van der Waals surface area contributed by atoms with Crippen LogP contribution in [0.25, 0.3) is 10.2 Å². The van der Waals surface area contributed by atoms with Crippen LogP contribution in [-0.4, -0.2) is 16.6 Å². The van der Waals surface area contributed by atoms with Crippen LogP contribution in [0.2, 0.25) is 4.34 Å². The number of nitrogens with zero attached hydrogens (tertiary/aromatic N) is 1. The van der Waals surface area contributed by atoms with Crippen molar-refractivity contribution in [3.8, 4) is 0 Å². The second kappa shape index (κ2) is 4.78. The van der Waals surface area contributed by atoms with Gasteiger partial charge in [0.25, 0.3) is 6.47 Å². The highest BCUT2D eigenvalue weighted by molar-refractivity contribution is 7.23. The van der Waals surface area contributed by atoms with E-state index in [1.165, 1.54) is 11.3 Å². The topological polar surface area (TPSA) is 76.2 Å². The lowest BCUT2D eigenvalue weighted by molar-refractivity contribution is -0.122. The van der Waals surface area contributed by atoms with E-state index in [1.54, 1.807) is 12.3 Å². The van der Waals surface area contributed by atoms with E-state index < -0.39 is 0 Å². The molecular formula is C8H7ClN2O2S. The third kappa shape index (κ3) is 2.34. The number of rotatable bonds is 0. The molecule has 0 aliphatic heterocycles. The molecule has 0 aliphatic carbocycles. The van der Waals surface area contributed by atoms with E-state index in [2.05, 4.69) is 4.98 Å². The monoisotopic (exact) mass is 230 g/mol. The maximum atomic E-state index is 8.36. The SMILES string of the molecule is Nc1ccnc2cc(Cl)sc12.O=CO. The maximum absolute atomic E-state index is 8.36. The van der Waals surface area contributed by atoms with Crippen molar-refractivity contribution >= 4 is 45.3 Å². The van der Waals surface area contributed by atoms with E-state index in [0.29, 0.717) is 0 Å². The Balaban J connectivity index is 0.000000293. The summed E-state index contributed by atoms with van der Waals surface area (Å²) in [6, 6.07) is 3.59. The number of halogens is 1. The number of pyridine rings is 1. The van der Waals surface area contributed by atoms with E-state index in [1.807, 2.05) is 6.07 Å². The molecule has 0 aromatic carbocycles. The predicted molar refractivity (Wildman–Crippen MR) is 57.7 cm³/mol. The Morgan fingerprint density at radius 1 is 1.64 bits per heavy atom. The number of nitrogens with two attached hydrogens (primary N) is 1. The molecule has 6 heteroatoms. The van der Waals surface area contributed by atoms with Gasteiger partial charge in [-0.25, -0.2) is 0 Å². The lowest BCUT2D eigenvalue weighted by atomic mass is 10.3. The van der Waals surface area contributed by atoms with Crippen LogP contribution in [0.15, 0.2) is 18.3 Å². The highest BCUT2D eigenvalue weighted by Crippen LogP contribution is 2.31. The van der Waals surface area contributed by atoms with Crippen molar-refractivity contribution in [2.75, 3.05) is 5.73 Å². The standard InChI is InChI=1S/C7H5ClN2S.CH2O2/c8-6-3-5-7(11-6)4(9)1-2-10-5;2-1-3/h1-3H,(H2,9,10);1H,(H,2,3). The van der Waals surface area contributed by atoms with Crippen LogP contribution in [0.3, 0.4) is 0 Å². The number of nitrogen functional groups attached to an aromatic ring is 1. The third-order valence-corrected chi connectivity index (χ3v) is 2.71. The highest BCUT2D eigenvalue weighted by atomic mass is 35.5. The van der Waals surface area contributed by atoms with Gasteiger partial charge in [-0.15, -0.1) is 11.3 Å². The Bertz CT molecular complexity index is 444. The van der Waals surface area contributed by atoms with Crippen molar-refractivity contribution in [2.24, 2.45) is 0 Å². The van der Waals surface area contributed by atoms with Gasteiger partial charge in [-0.1, -0.05) is 11.6 Å². The molecule has 0 saturated carbocycles. The third-order valence-electron chi connectivity index (χ3n) is 1.41. The molecule has 14 heavy (non-hydrogen) atoms. The van der Waals surface area contributed by atoms with E-state index in [0.717, 1.165) is 20.2 Å². The summed E-state index contributed by atoms with van der Waals surface area (Å²) in [5.74, 6) is 0. The first-order valence-corrected chi connectivity index (χ1v) is 4.76. The molecule has 0 unspecified atom stereocenters. The predicted octanol–water partition coefficient (Wildman–Crippen LogP) is 2.23. The number of anilines is 1. The molecule has 74 valence electrons. The quantitative estimate of drug-likeness (QED) is 0.681. The van der Waals surface area contributed by atoms with Crippen molar-refractivity contribution in [3.05, 3.63) is 22.7 Å². The van der Waals surface area contributed by atoms with Crippen LogP contribution in [0.4, 0.5) is 5.69 Å². The van der Waals surface area contributed by atoms with Gasteiger partial charge in [-0.05, 0) is 12.1 Å². The fraction of sp³-hybridized carbons (Fsp3) is 0. The van der Waals surface area contributed by atoms with Gasteiger partial charge in [0, 0.05) is 6.20 Å². The maximum Gasteiger partial charge on any atom is 0.290 e. The average Bonchev–Trinajstić information content (AvgIpc) is 2.48. The van der Waals surface area contributed by atoms with E-state index in [4.69, 9.17) is 27.2 Å². The summed E-state index contributed by atoms with van der Waals surface area (Å²) in [4.78, 5) is 12.5. The molecule has 0 amide bonds. The van der Waals surface area contributed by atoms with Crippen molar-refractivity contribution in [1.29, 1.82) is 0 Å². The summed E-state index contributed by atoms with van der Waals surface area (Å²) in [5.41, 5.74) is 7.30. The fourth-order valence-corrected chi connectivity index (χ4v) is 2.03. The number of aromatic nitrogens is 1. The van der Waals surface area contributed by atoms with Crippen molar-refractivity contribution in [1.82, 2.24) is 4.98 Å². The highest BCUT2D eigenvalue weighted by Gasteiger charge is 2.02. The average molecular weight is 231 g/mol. The molecule has 2 rings (SSSR count). The Kier molecular flexibility index (Phi) is 3.67. The van der Waals surface area contributed by atoms with Gasteiger partial charge in [0.15, 0.2) is 0 Å². The summed E-state index contributed by atoms with van der Waals surface area (Å²) in [6.45, 7) is -0.250. The second-order valence-corrected chi connectivity index (χ2v) is 3.95. The van der Waals surface area contributed by atoms with Crippen LogP contribution >= 0.6 is 22.9 Å². The fourth-order valence-electron chi connectivity index (χ4n) is 0.929. The minimum atomic E-state index is -0.250. The normalized spacial score (nSPS) is 9.21. The second-order valence-electron chi connectivity index (χ2n) is 2.27. The number of carbonyl (C=O) groups is 1. The molecule has 3 N–H and O–H groups in total. The van der Waals surface area contributed by atoms with Crippen LogP contribution in [0, 0.1) is 0 Å². The van der Waals surface area contributed by atoms with Gasteiger partial charge in [-0.3, -0.25) is 9.78 Å². The van der Waals surface area contributed by atoms with Gasteiger partial charge >= 0.3 is 0 Å². The lowest BCUT2D eigenvalue weighted by Crippen LogP contribution is -1.83. The van der Waals surface area contributed by atoms with Crippen LogP contribution in [0.5, 0.6) is 0 Å². The Labute approximate surface area is 88.9 Å². The van der Waals surface area contributed by atoms with Gasteiger partial charge in [0.05, 0.1) is 20.2 Å². The minimum Gasteiger partial charge on any atom is -0.483 e. The van der Waals surface area contributed by atoms with Gasteiger partial charge in [-0.2, -0.15) is 0 Å². The number of hydrogen-bond donors (Lipinski definition) is 2. The zero-order chi connectivity index (χ0) is 10.6. The molecule has 2 heterocycles. The molecule has 4 nitrogen and oxygen atoms in total. The molecule has 0 spiro atoms.